The van der Waals surface area contributed by atoms with Gasteiger partial charge in [0.1, 0.15) is 6.04 Å². The first-order valence-electron chi connectivity index (χ1n) is 35.5. The third-order valence-electron chi connectivity index (χ3n) is 8.25. The fourth-order valence-corrected chi connectivity index (χ4v) is 6.64. The van der Waals surface area contributed by atoms with Crippen LogP contribution in [-0.4, -0.2) is 83.4 Å². The topological polar surface area (TPSA) is 159 Å². The van der Waals surface area contributed by atoms with Crippen LogP contribution in [0.5, 0.6) is 0 Å². The van der Waals surface area contributed by atoms with Crippen molar-refractivity contribution in [3.8, 4) is 0 Å². The molecule has 4 aliphatic rings. The highest BCUT2D eigenvalue weighted by Crippen LogP contribution is 2.65. The quantitative estimate of drug-likeness (QED) is 0.217. The molecule has 49 heavy (non-hydrogen) atoms. The molecule has 4 rings (SSSR count). The first-order valence-corrected chi connectivity index (χ1v) is 15.7. The van der Waals surface area contributed by atoms with E-state index in [0.717, 1.165) is 10.6 Å². The van der Waals surface area contributed by atoms with E-state index < -0.39 is 227 Å². The Morgan fingerprint density at radius 2 is 1.73 bits per heavy atom. The van der Waals surface area contributed by atoms with E-state index in [4.69, 9.17) is 57.6 Å². The van der Waals surface area contributed by atoms with Crippen molar-refractivity contribution in [1.82, 2.24) is 20.9 Å². The molecule has 1 heterocycles. The van der Waals surface area contributed by atoms with Gasteiger partial charge in [0.25, 0.3) is 5.91 Å². The Bertz CT molecular complexity index is 3000. The van der Waals surface area contributed by atoms with Gasteiger partial charge in [-0.3, -0.25) is 19.2 Å². The third kappa shape index (κ3) is 8.87. The molecular weight excluding hydrogens is 644 g/mol. The highest BCUT2D eigenvalue weighted by molar-refractivity contribution is 7.92. The lowest BCUT2D eigenvalue weighted by Crippen LogP contribution is -2.63. The van der Waals surface area contributed by atoms with Crippen molar-refractivity contribution < 1.29 is 91.3 Å². The monoisotopic (exact) mass is 750 g/mol. The fourth-order valence-electron chi connectivity index (χ4n) is 5.63. The number of Topliss-reactive ketones (excluding diaryl/α,β-unsaturated/α-hetero) is 2. The molecule has 0 aromatic rings. The first-order chi connectivity index (χ1) is 39.5. The molecule has 0 radical (unpaired) electrons. The van der Waals surface area contributed by atoms with Crippen molar-refractivity contribution in [3.63, 3.8) is 0 Å². The molecule has 0 spiro atoms. The number of carbonyl (C=O) groups excluding carboxylic acids is 5. The molecule has 3 N–H and O–H groups in total. The van der Waals surface area contributed by atoms with Gasteiger partial charge >= 0.3 is 6.03 Å². The van der Waals surface area contributed by atoms with Crippen molar-refractivity contribution in [2.75, 3.05) is 12.3 Å². The zero-order valence-corrected chi connectivity index (χ0v) is 26.5. The second kappa shape index (κ2) is 14.3. The van der Waals surface area contributed by atoms with Gasteiger partial charge in [-0.15, -0.1) is 0 Å². The second-order valence-corrected chi connectivity index (χ2v) is 14.2. The van der Waals surface area contributed by atoms with Crippen LogP contribution in [0.3, 0.4) is 0 Å². The molecule has 1 saturated heterocycles. The predicted octanol–water partition coefficient (Wildman–Crippen LogP) is 4.71. The van der Waals surface area contributed by atoms with Gasteiger partial charge in [0.2, 0.25) is 11.7 Å². The fraction of sp³-hybridized carbons (Fsp3) is 0.865. The van der Waals surface area contributed by atoms with E-state index in [1.807, 2.05) is 0 Å². The lowest BCUT2D eigenvalue weighted by Gasteiger charge is -2.41. The first kappa shape index (κ1) is 11.3. The predicted molar refractivity (Wildman–Crippen MR) is 189 cm³/mol. The van der Waals surface area contributed by atoms with E-state index in [9.17, 15) is 19.4 Å². The average Bonchev–Trinajstić information content (AvgIpc) is 0.897. The van der Waals surface area contributed by atoms with Crippen LogP contribution in [0.25, 0.3) is 0 Å². The van der Waals surface area contributed by atoms with Gasteiger partial charge in [-0.05, 0) is 75.1 Å². The standard InChI is InChI=1S/C37H62N4O7S/c1-10-11-15-23(29(43)31(44)38-24-16-17-24)20-26(42)28-27-25(36(27,8)9)21-41(28)32(45)30(34(2,3)4)39-33(46)40-37(18-13-12-14-19-37)22-49(47,48)35(5,6)7/h23-25,27-28,30H,10-22H2,1-9H3,(H,38,44)(H2,39,40,46)/t23-,25-,27-,28+,30+/m0/s1/i1D3,2D3,3D3,4D3,5D3,6D3,7D3,10D2,11D2,12D2,13D2,14D2,15D2,16D2,17D2,18D2,19D2,23D,24D. The molecule has 0 bridgehead atoms. The molecule has 4 fully saturated rings. The second-order valence-electron chi connectivity index (χ2n) is 12.1. The zero-order valence-electron chi connectivity index (χ0n) is 68.6. The number of urea groups is 1. The van der Waals surface area contributed by atoms with Gasteiger partial charge in [0, 0.05) is 82.4 Å². The van der Waals surface area contributed by atoms with E-state index in [1.54, 1.807) is 0 Å². The Morgan fingerprint density at radius 3 is 2.33 bits per heavy atom. The minimum atomic E-state index is -7.36. The maximum Gasteiger partial charge on any atom is 0.315 e. The number of fused-ring (bicyclic) bond motifs is 1. The van der Waals surface area contributed by atoms with E-state index in [1.165, 1.54) is 19.2 Å². The Labute approximate surface area is 354 Å². The van der Waals surface area contributed by atoms with E-state index in [2.05, 4.69) is 0 Å². The summed E-state index contributed by atoms with van der Waals surface area (Å²) in [7, 11) is -7.36. The van der Waals surface area contributed by atoms with E-state index in [-0.39, 0.29) is 4.90 Å². The lowest BCUT2D eigenvalue weighted by atomic mass is 9.83. The van der Waals surface area contributed by atoms with Gasteiger partial charge in [0.15, 0.2) is 15.6 Å². The number of carbonyl (C=O) groups is 5. The Hall–Kier alpha value is -2.50. The molecule has 12 heteroatoms. The number of nitrogens with one attached hydrogen (secondary N) is 3. The lowest BCUT2D eigenvalue weighted by molar-refractivity contribution is -0.145. The van der Waals surface area contributed by atoms with Crippen molar-refractivity contribution in [2.24, 2.45) is 28.6 Å². The van der Waals surface area contributed by atoms with Gasteiger partial charge in [0.05, 0.1) is 23.5 Å². The number of nitrogens with zero attached hydrogens (tertiary/aromatic N) is 1. The summed E-state index contributed by atoms with van der Waals surface area (Å²) in [5.74, 6) is -21.3. The summed E-state index contributed by atoms with van der Waals surface area (Å²) >= 11 is 0. The molecule has 3 saturated carbocycles. The molecule has 278 valence electrons. The number of likely N-dealkylation sites (tertiary alicyclic amines) is 1. The SMILES string of the molecule is [2H]C([2H])([2H])C([2H])([2H])C([2H])([2H])C([2H])([2H])[C@@]([2H])(CC(=O)[C@@H]1[C@@H]2[C@H](CN1C(=O)[C@@H](NC(=O)NC1(CS(=O)(=O)C(C([2H])([2H])[2H])(C([2H])([2H])[2H])C([2H])([2H])[2H])C([2H])([2H])C([2H])([2H])C([2H])([2H])C([2H])([2H])C1([2H])[2H])C(C([2H])([2H])[2H])(C([2H])([2H])[2H])C([2H])([2H])[2H])C2(C)C)C(=O)C(=O)NC1([2H])C([2H])([2H])C1([2H])[2H]. The Balaban J connectivity index is 2.20. The molecule has 0 aromatic carbocycles. The highest BCUT2D eigenvalue weighted by atomic mass is 32.2. The molecule has 3 aliphatic carbocycles. The van der Waals surface area contributed by atoms with Crippen molar-refractivity contribution in [3.05, 3.63) is 0 Å². The summed E-state index contributed by atoms with van der Waals surface area (Å²) in [5.41, 5.74) is -11.7. The van der Waals surface area contributed by atoms with Gasteiger partial charge in [-0.1, -0.05) is 73.1 Å². The van der Waals surface area contributed by atoms with Crippen LogP contribution in [0.15, 0.2) is 0 Å². The average molecular weight is 750 g/mol. The number of piperidine rings is 1. The van der Waals surface area contributed by atoms with E-state index >= 15 is 14.4 Å². The molecule has 0 aromatic heterocycles. The van der Waals surface area contributed by atoms with Gasteiger partial charge in [-0.2, -0.15) is 0 Å². The van der Waals surface area contributed by atoms with Crippen LogP contribution < -0.4 is 16.0 Å². The maximum atomic E-state index is 15.7. The summed E-state index contributed by atoms with van der Waals surface area (Å²) in [6, 6.07) is -13.5. The van der Waals surface area contributed by atoms with Crippen LogP contribution in [0.2, 0.25) is 0 Å². The maximum absolute atomic E-state index is 15.7. The summed E-state index contributed by atoms with van der Waals surface area (Å²) < 4.78 is 383. The molecular formula is C37H62N4O7S. The van der Waals surface area contributed by atoms with Crippen molar-refractivity contribution in [2.45, 2.75) is 160 Å². The normalized spacial score (nSPS) is 50.0. The molecule has 11 nitrogen and oxygen atoms in total. The largest absolute Gasteiger partial charge is 0.347 e. The number of amides is 4. The van der Waals surface area contributed by atoms with Crippen LogP contribution >= 0.6 is 0 Å². The van der Waals surface area contributed by atoms with Crippen LogP contribution in [0.1, 0.15) is 191 Å². The minimum absolute atomic E-state index is 0.0860. The molecule has 1 aliphatic heterocycles. The third-order valence-corrected chi connectivity index (χ3v) is 10.00. The summed E-state index contributed by atoms with van der Waals surface area (Å²) in [4.78, 5) is 74.1. The van der Waals surface area contributed by atoms with Crippen molar-refractivity contribution >= 4 is 39.2 Å². The number of rotatable bonds is 14. The minimum Gasteiger partial charge on any atom is -0.347 e. The van der Waals surface area contributed by atoms with Crippen LogP contribution in [0, 0.1) is 28.6 Å². The molecule has 0 unspecified atom stereocenters. The number of sulfone groups is 1. The Kier molecular flexibility index (Phi) is 3.27. The molecule has 5 atom stereocenters. The van der Waals surface area contributed by atoms with Crippen LogP contribution in [-0.2, 0) is 29.0 Å². The van der Waals surface area contributed by atoms with Gasteiger partial charge in [-0.25, -0.2) is 13.2 Å². The smallest absolute Gasteiger partial charge is 0.315 e. The summed E-state index contributed by atoms with van der Waals surface area (Å²) in [6.07, 6.45) is -48.8. The van der Waals surface area contributed by atoms with Gasteiger partial charge < -0.3 is 20.9 Å². The Morgan fingerprint density at radius 1 is 1.06 bits per heavy atom. The van der Waals surface area contributed by atoms with Crippen LogP contribution in [0.4, 0.5) is 4.79 Å². The zero-order chi connectivity index (χ0) is 74.0. The highest BCUT2D eigenvalue weighted by Gasteiger charge is 2.69. The van der Waals surface area contributed by atoms with Crippen molar-refractivity contribution in [1.29, 1.82) is 0 Å². The molecule has 4 amide bonds. The number of hydrogen-bond donors (Lipinski definition) is 3. The summed E-state index contributed by atoms with van der Waals surface area (Å²) in [6.45, 7) is -32.6. The number of hydrogen-bond acceptors (Lipinski definition) is 7. The van der Waals surface area contributed by atoms with E-state index in [0.29, 0.717) is 0 Å². The summed E-state index contributed by atoms with van der Waals surface area (Å²) in [5, 5.41) is 3.33. The number of ketones is 2.